The molecule has 0 aromatic carbocycles. The van der Waals surface area contributed by atoms with Crippen LogP contribution in [0.1, 0.15) is 68.5 Å². The molecule has 2 aliphatic carbocycles. The average molecular weight is 348 g/mol. The number of hydrogen-bond acceptors (Lipinski definition) is 4. The highest BCUT2D eigenvalue weighted by molar-refractivity contribution is 5.22. The summed E-state index contributed by atoms with van der Waals surface area (Å²) in [6.45, 7) is 2.90. The van der Waals surface area contributed by atoms with Gasteiger partial charge in [0.1, 0.15) is 0 Å². The van der Waals surface area contributed by atoms with E-state index in [-0.39, 0.29) is 0 Å². The van der Waals surface area contributed by atoms with Crippen molar-refractivity contribution in [3.8, 4) is 0 Å². The van der Waals surface area contributed by atoms with Gasteiger partial charge in [-0.15, -0.1) is 0 Å². The molecule has 3 aliphatic rings. The first-order valence-electron chi connectivity index (χ1n) is 10.2. The topological polar surface area (TPSA) is 39.5 Å². The average Bonchev–Trinajstić information content (AvgIpc) is 3.02. The second kappa shape index (κ2) is 7.77. The van der Waals surface area contributed by atoms with Crippen LogP contribution in [-0.4, -0.2) is 53.2 Å². The third-order valence-corrected chi connectivity index (χ3v) is 6.52. The molecule has 1 aromatic heterocycles. The summed E-state index contributed by atoms with van der Waals surface area (Å²) in [5.41, 5.74) is 2.80. The molecule has 0 N–H and O–H groups in total. The van der Waals surface area contributed by atoms with Crippen LogP contribution in [0.5, 0.6) is 0 Å². The van der Waals surface area contributed by atoms with Crippen molar-refractivity contribution in [3.63, 3.8) is 0 Å². The minimum Gasteiger partial charge on any atom is -0.381 e. The van der Waals surface area contributed by atoms with E-state index in [0.717, 1.165) is 39.0 Å². The van der Waals surface area contributed by atoms with Crippen LogP contribution < -0.4 is 0 Å². The minimum atomic E-state index is 0.384. The number of aromatic nitrogens is 2. The predicted octanol–water partition coefficient (Wildman–Crippen LogP) is 3.24. The van der Waals surface area contributed by atoms with Crippen LogP contribution in [0, 0.1) is 0 Å². The van der Waals surface area contributed by atoms with E-state index in [1.54, 1.807) is 0 Å². The van der Waals surface area contributed by atoms with E-state index in [0.29, 0.717) is 24.2 Å². The fraction of sp³-hybridized carbons (Fsp3) is 0.850. The van der Waals surface area contributed by atoms with Gasteiger partial charge >= 0.3 is 0 Å². The van der Waals surface area contributed by atoms with Crippen LogP contribution in [0.15, 0.2) is 6.20 Å². The molecular formula is C20H33N3O2. The molecule has 1 aromatic rings. The molecule has 2 heterocycles. The van der Waals surface area contributed by atoms with Crippen molar-refractivity contribution in [1.29, 1.82) is 0 Å². The quantitative estimate of drug-likeness (QED) is 0.838. The van der Waals surface area contributed by atoms with Gasteiger partial charge in [-0.1, -0.05) is 19.3 Å². The highest BCUT2D eigenvalue weighted by Gasteiger charge is 2.38. The van der Waals surface area contributed by atoms with Crippen LogP contribution in [-0.2, 0) is 23.1 Å². The van der Waals surface area contributed by atoms with Gasteiger partial charge in [0.2, 0.25) is 0 Å². The van der Waals surface area contributed by atoms with Gasteiger partial charge in [-0.25, -0.2) is 0 Å². The fourth-order valence-electron chi connectivity index (χ4n) is 5.17. The van der Waals surface area contributed by atoms with Gasteiger partial charge < -0.3 is 9.47 Å². The third kappa shape index (κ3) is 3.79. The van der Waals surface area contributed by atoms with E-state index >= 15 is 0 Å². The lowest BCUT2D eigenvalue weighted by Gasteiger charge is -2.45. The first kappa shape index (κ1) is 17.5. The first-order valence-corrected chi connectivity index (χ1v) is 10.2. The summed E-state index contributed by atoms with van der Waals surface area (Å²) in [5.74, 6) is 0.667. The van der Waals surface area contributed by atoms with E-state index in [4.69, 9.17) is 14.6 Å². The molecule has 2 saturated carbocycles. The lowest BCUT2D eigenvalue weighted by atomic mass is 9.85. The number of rotatable bonds is 4. The summed E-state index contributed by atoms with van der Waals surface area (Å²) < 4.78 is 13.8. The van der Waals surface area contributed by atoms with Crippen molar-refractivity contribution in [1.82, 2.24) is 14.7 Å². The number of nitrogens with zero attached hydrogens (tertiary/aromatic N) is 3. The molecule has 3 fully saturated rings. The van der Waals surface area contributed by atoms with Gasteiger partial charge in [0, 0.05) is 51.0 Å². The Labute approximate surface area is 151 Å². The molecule has 0 spiro atoms. The van der Waals surface area contributed by atoms with Gasteiger partial charge in [-0.05, 0) is 32.1 Å². The van der Waals surface area contributed by atoms with Gasteiger partial charge in [0.15, 0.2) is 0 Å². The van der Waals surface area contributed by atoms with Crippen molar-refractivity contribution in [3.05, 3.63) is 17.5 Å². The molecule has 1 aliphatic heterocycles. The maximum absolute atomic E-state index is 6.08. The molecule has 25 heavy (non-hydrogen) atoms. The largest absolute Gasteiger partial charge is 0.381 e. The zero-order chi connectivity index (χ0) is 17.2. The SMILES string of the molecule is CO[C@@H]1CC[C@H]2OCCN(Cc3cn(C)nc3C3CCCCC3)[C@H]2C1. The summed E-state index contributed by atoms with van der Waals surface area (Å²) in [7, 11) is 3.92. The lowest BCUT2D eigenvalue weighted by molar-refractivity contribution is -0.116. The van der Waals surface area contributed by atoms with Crippen LogP contribution in [0.2, 0.25) is 0 Å². The number of morpholine rings is 1. The molecule has 0 bridgehead atoms. The summed E-state index contributed by atoms with van der Waals surface area (Å²) in [6.07, 6.45) is 13.1. The Bertz CT molecular complexity index is 567. The van der Waals surface area contributed by atoms with E-state index in [1.807, 2.05) is 11.8 Å². The second-order valence-electron chi connectivity index (χ2n) is 8.17. The molecule has 140 valence electrons. The van der Waals surface area contributed by atoms with Gasteiger partial charge in [0.05, 0.1) is 24.5 Å². The fourth-order valence-corrected chi connectivity index (χ4v) is 5.17. The van der Waals surface area contributed by atoms with Gasteiger partial charge in [-0.3, -0.25) is 9.58 Å². The number of methoxy groups -OCH3 is 1. The monoisotopic (exact) mass is 347 g/mol. The van der Waals surface area contributed by atoms with Crippen molar-refractivity contribution in [2.45, 2.75) is 82.1 Å². The molecule has 0 radical (unpaired) electrons. The van der Waals surface area contributed by atoms with Crippen LogP contribution in [0.3, 0.4) is 0 Å². The molecule has 5 heteroatoms. The number of ether oxygens (including phenoxy) is 2. The molecular weight excluding hydrogens is 314 g/mol. The third-order valence-electron chi connectivity index (χ3n) is 6.52. The smallest absolute Gasteiger partial charge is 0.0732 e. The highest BCUT2D eigenvalue weighted by Crippen LogP contribution is 2.35. The van der Waals surface area contributed by atoms with Crippen molar-refractivity contribution >= 4 is 0 Å². The van der Waals surface area contributed by atoms with Crippen LogP contribution in [0.25, 0.3) is 0 Å². The zero-order valence-corrected chi connectivity index (χ0v) is 15.8. The lowest BCUT2D eigenvalue weighted by Crippen LogP contribution is -2.54. The number of fused-ring (bicyclic) bond motifs is 1. The first-order chi connectivity index (χ1) is 12.2. The van der Waals surface area contributed by atoms with Gasteiger partial charge in [0.25, 0.3) is 0 Å². The Hall–Kier alpha value is -0.910. The predicted molar refractivity (Wildman–Crippen MR) is 97.6 cm³/mol. The Morgan fingerprint density at radius 3 is 2.84 bits per heavy atom. The summed E-state index contributed by atoms with van der Waals surface area (Å²) in [5, 5.41) is 4.87. The zero-order valence-electron chi connectivity index (χ0n) is 15.8. The van der Waals surface area contributed by atoms with E-state index < -0.39 is 0 Å². The standard InChI is InChI=1S/C20H33N3O2/c1-22-13-16(20(21-22)15-6-4-3-5-7-15)14-23-10-11-25-19-9-8-17(24-2)12-18(19)23/h13,15,17-19H,3-12,14H2,1-2H3/t17-,18+,19-/m1/s1. The van der Waals surface area contributed by atoms with Crippen molar-refractivity contribution < 1.29 is 9.47 Å². The second-order valence-corrected chi connectivity index (χ2v) is 8.17. The van der Waals surface area contributed by atoms with E-state index in [1.165, 1.54) is 43.4 Å². The Kier molecular flexibility index (Phi) is 5.44. The van der Waals surface area contributed by atoms with Crippen LogP contribution >= 0.6 is 0 Å². The highest BCUT2D eigenvalue weighted by atomic mass is 16.5. The van der Waals surface area contributed by atoms with Crippen molar-refractivity contribution in [2.24, 2.45) is 7.05 Å². The Morgan fingerprint density at radius 2 is 2.04 bits per heavy atom. The normalized spacial score (nSPS) is 31.8. The molecule has 5 nitrogen and oxygen atoms in total. The summed E-state index contributed by atoms with van der Waals surface area (Å²) in [4.78, 5) is 2.64. The Balaban J connectivity index is 1.50. The Morgan fingerprint density at radius 1 is 1.20 bits per heavy atom. The minimum absolute atomic E-state index is 0.384. The molecule has 0 unspecified atom stereocenters. The van der Waals surface area contributed by atoms with E-state index in [2.05, 4.69) is 18.1 Å². The maximum Gasteiger partial charge on any atom is 0.0732 e. The van der Waals surface area contributed by atoms with E-state index in [9.17, 15) is 0 Å². The number of aryl methyl sites for hydroxylation is 1. The van der Waals surface area contributed by atoms with Crippen LogP contribution in [0.4, 0.5) is 0 Å². The molecule has 4 rings (SSSR count). The molecule has 1 saturated heterocycles. The molecule has 0 amide bonds. The molecule has 3 atom stereocenters. The maximum atomic E-state index is 6.08. The van der Waals surface area contributed by atoms with Crippen molar-refractivity contribution in [2.75, 3.05) is 20.3 Å². The number of hydrogen-bond donors (Lipinski definition) is 0. The summed E-state index contributed by atoms with van der Waals surface area (Å²) >= 11 is 0. The summed E-state index contributed by atoms with van der Waals surface area (Å²) in [6, 6.07) is 0.492. The van der Waals surface area contributed by atoms with Gasteiger partial charge in [-0.2, -0.15) is 5.10 Å².